The summed E-state index contributed by atoms with van der Waals surface area (Å²) in [6.45, 7) is 4.35. The van der Waals surface area contributed by atoms with Crippen molar-refractivity contribution in [2.45, 2.75) is 32.7 Å². The van der Waals surface area contributed by atoms with Crippen molar-refractivity contribution in [3.05, 3.63) is 70.2 Å². The van der Waals surface area contributed by atoms with Gasteiger partial charge in [-0.15, -0.1) is 11.3 Å². The highest BCUT2D eigenvalue weighted by molar-refractivity contribution is 7.17. The summed E-state index contributed by atoms with van der Waals surface area (Å²) < 4.78 is 1.51. The Morgan fingerprint density at radius 2 is 1.88 bits per heavy atom. The molecule has 1 aliphatic heterocycles. The fourth-order valence-corrected chi connectivity index (χ4v) is 5.02. The van der Waals surface area contributed by atoms with Gasteiger partial charge < -0.3 is 10.2 Å². The molecule has 1 saturated heterocycles. The molecule has 4 heterocycles. The molecule has 1 aliphatic rings. The van der Waals surface area contributed by atoms with Crippen LogP contribution >= 0.6 is 11.3 Å². The molecule has 0 aliphatic carbocycles. The lowest BCUT2D eigenvalue weighted by Crippen LogP contribution is -2.23. The normalized spacial score (nSPS) is 13.5. The van der Waals surface area contributed by atoms with E-state index in [0.29, 0.717) is 15.9 Å². The van der Waals surface area contributed by atoms with Crippen molar-refractivity contribution in [2.24, 2.45) is 0 Å². The number of aromatic nitrogens is 3. The number of carbonyl (C=O) groups is 1. The molecular formula is C25H25N5O2S. The summed E-state index contributed by atoms with van der Waals surface area (Å²) >= 11 is 1.46. The van der Waals surface area contributed by atoms with E-state index in [-0.39, 0.29) is 24.4 Å². The zero-order valence-electron chi connectivity index (χ0n) is 18.5. The van der Waals surface area contributed by atoms with Crippen LogP contribution in [0.1, 0.15) is 24.8 Å². The number of aryl methyl sites for hydroxylation is 2. The molecule has 1 aromatic carbocycles. The third-order valence-electron chi connectivity index (χ3n) is 5.96. The van der Waals surface area contributed by atoms with E-state index in [9.17, 15) is 9.59 Å². The number of anilines is 2. The lowest BCUT2D eigenvalue weighted by Gasteiger charge is -2.16. The second-order valence-electron chi connectivity index (χ2n) is 8.34. The summed E-state index contributed by atoms with van der Waals surface area (Å²) in [5.41, 5.74) is 3.58. The SMILES string of the molecule is Cc1ccc(-c2csc3ncn(CCC(=O)Nc4ccc(N5CCCC5)nc4)c(=O)c23)cc1. The number of fused-ring (bicyclic) bond motifs is 1. The fraction of sp³-hybridized carbons (Fsp3) is 0.280. The van der Waals surface area contributed by atoms with Crippen LogP contribution in [-0.2, 0) is 11.3 Å². The van der Waals surface area contributed by atoms with Gasteiger partial charge in [-0.3, -0.25) is 14.2 Å². The smallest absolute Gasteiger partial charge is 0.262 e. The van der Waals surface area contributed by atoms with Gasteiger partial charge in [-0.1, -0.05) is 29.8 Å². The number of benzene rings is 1. The van der Waals surface area contributed by atoms with Gasteiger partial charge in [-0.05, 0) is 37.5 Å². The van der Waals surface area contributed by atoms with Gasteiger partial charge in [0, 0.05) is 37.0 Å². The fourth-order valence-electron chi connectivity index (χ4n) is 4.11. The summed E-state index contributed by atoms with van der Waals surface area (Å²) in [5.74, 6) is 0.776. The number of hydrogen-bond acceptors (Lipinski definition) is 6. The van der Waals surface area contributed by atoms with E-state index in [1.807, 2.05) is 48.7 Å². The summed E-state index contributed by atoms with van der Waals surface area (Å²) in [4.78, 5) is 37.5. The molecule has 0 radical (unpaired) electrons. The van der Waals surface area contributed by atoms with Crippen LogP contribution in [0.15, 0.2) is 59.1 Å². The third-order valence-corrected chi connectivity index (χ3v) is 6.85. The van der Waals surface area contributed by atoms with Gasteiger partial charge in [-0.2, -0.15) is 0 Å². The average Bonchev–Trinajstić information content (AvgIpc) is 3.51. The molecule has 1 fully saturated rings. The van der Waals surface area contributed by atoms with Crippen molar-refractivity contribution < 1.29 is 4.79 Å². The number of carbonyl (C=O) groups excluding carboxylic acids is 1. The summed E-state index contributed by atoms with van der Waals surface area (Å²) in [5, 5.41) is 5.45. The van der Waals surface area contributed by atoms with E-state index in [1.54, 1.807) is 6.20 Å². The Balaban J connectivity index is 1.28. The Morgan fingerprint density at radius 3 is 2.61 bits per heavy atom. The first-order chi connectivity index (χ1) is 16.1. The van der Waals surface area contributed by atoms with Crippen molar-refractivity contribution in [1.29, 1.82) is 0 Å². The van der Waals surface area contributed by atoms with Crippen LogP contribution in [0, 0.1) is 6.92 Å². The highest BCUT2D eigenvalue weighted by Gasteiger charge is 2.15. The molecule has 1 amide bonds. The second-order valence-corrected chi connectivity index (χ2v) is 9.19. The third kappa shape index (κ3) is 4.52. The molecular weight excluding hydrogens is 434 g/mol. The first-order valence-corrected chi connectivity index (χ1v) is 12.0. The Bertz CT molecular complexity index is 1340. The van der Waals surface area contributed by atoms with Gasteiger partial charge in [0.15, 0.2) is 0 Å². The van der Waals surface area contributed by atoms with Crippen molar-refractivity contribution in [3.8, 4) is 11.1 Å². The van der Waals surface area contributed by atoms with Crippen LogP contribution in [0.5, 0.6) is 0 Å². The lowest BCUT2D eigenvalue weighted by atomic mass is 10.1. The van der Waals surface area contributed by atoms with E-state index in [2.05, 4.69) is 20.2 Å². The lowest BCUT2D eigenvalue weighted by molar-refractivity contribution is -0.116. The Hall–Kier alpha value is -3.52. The van der Waals surface area contributed by atoms with E-state index < -0.39 is 0 Å². The van der Waals surface area contributed by atoms with Gasteiger partial charge >= 0.3 is 0 Å². The predicted octanol–water partition coefficient (Wildman–Crippen LogP) is 4.46. The number of thiophene rings is 1. The average molecular weight is 460 g/mol. The summed E-state index contributed by atoms with van der Waals surface area (Å²) in [6, 6.07) is 11.9. The minimum Gasteiger partial charge on any atom is -0.357 e. The molecule has 33 heavy (non-hydrogen) atoms. The van der Waals surface area contributed by atoms with Crippen LogP contribution in [0.2, 0.25) is 0 Å². The van der Waals surface area contributed by atoms with Crippen LogP contribution in [0.3, 0.4) is 0 Å². The first-order valence-electron chi connectivity index (χ1n) is 11.1. The predicted molar refractivity (Wildman–Crippen MR) is 133 cm³/mol. The molecule has 0 spiro atoms. The molecule has 168 valence electrons. The number of amides is 1. The molecule has 5 rings (SSSR count). The van der Waals surface area contributed by atoms with Gasteiger partial charge in [0.1, 0.15) is 10.6 Å². The number of nitrogens with one attached hydrogen (secondary N) is 1. The number of pyridine rings is 1. The zero-order chi connectivity index (χ0) is 22.8. The standard InChI is InChI=1S/C25H25N5O2S/c1-17-4-6-18(7-5-17)20-15-33-24-23(20)25(32)30(16-27-24)13-10-22(31)28-19-8-9-21(26-14-19)29-11-2-3-12-29/h4-9,14-16H,2-3,10-13H2,1H3,(H,28,31). The molecule has 7 nitrogen and oxygen atoms in total. The molecule has 0 bridgehead atoms. The molecule has 0 atom stereocenters. The van der Waals surface area contributed by atoms with Crippen LogP contribution < -0.4 is 15.8 Å². The molecule has 8 heteroatoms. The van der Waals surface area contributed by atoms with Crippen molar-refractivity contribution >= 4 is 39.0 Å². The van der Waals surface area contributed by atoms with Crippen LogP contribution in [0.4, 0.5) is 11.5 Å². The molecule has 3 aromatic heterocycles. The van der Waals surface area contributed by atoms with E-state index in [1.165, 1.54) is 40.6 Å². The Morgan fingerprint density at radius 1 is 1.09 bits per heavy atom. The highest BCUT2D eigenvalue weighted by Crippen LogP contribution is 2.30. The molecule has 1 N–H and O–H groups in total. The topological polar surface area (TPSA) is 80.1 Å². The number of hydrogen-bond donors (Lipinski definition) is 1. The van der Waals surface area contributed by atoms with Crippen molar-refractivity contribution in [3.63, 3.8) is 0 Å². The number of nitrogens with zero attached hydrogens (tertiary/aromatic N) is 4. The second kappa shape index (κ2) is 9.15. The summed E-state index contributed by atoms with van der Waals surface area (Å²) in [6.07, 6.45) is 5.77. The van der Waals surface area contributed by atoms with Crippen LogP contribution in [-0.4, -0.2) is 33.5 Å². The largest absolute Gasteiger partial charge is 0.357 e. The molecule has 4 aromatic rings. The number of rotatable bonds is 6. The minimum atomic E-state index is -0.165. The van der Waals surface area contributed by atoms with Crippen molar-refractivity contribution in [2.75, 3.05) is 23.3 Å². The van der Waals surface area contributed by atoms with E-state index in [0.717, 1.165) is 30.0 Å². The van der Waals surface area contributed by atoms with Gasteiger partial charge in [0.25, 0.3) is 5.56 Å². The van der Waals surface area contributed by atoms with Crippen molar-refractivity contribution in [1.82, 2.24) is 14.5 Å². The van der Waals surface area contributed by atoms with E-state index in [4.69, 9.17) is 0 Å². The van der Waals surface area contributed by atoms with Gasteiger partial charge in [0.2, 0.25) is 5.91 Å². The minimum absolute atomic E-state index is 0.124. The van der Waals surface area contributed by atoms with Crippen LogP contribution in [0.25, 0.3) is 21.3 Å². The first kappa shape index (κ1) is 21.3. The monoisotopic (exact) mass is 459 g/mol. The zero-order valence-corrected chi connectivity index (χ0v) is 19.3. The van der Waals surface area contributed by atoms with Gasteiger partial charge in [0.05, 0.1) is 23.6 Å². The maximum Gasteiger partial charge on any atom is 0.262 e. The summed E-state index contributed by atoms with van der Waals surface area (Å²) in [7, 11) is 0. The van der Waals surface area contributed by atoms with E-state index >= 15 is 0 Å². The molecule has 0 unspecified atom stereocenters. The maximum absolute atomic E-state index is 13.2. The molecule has 0 saturated carbocycles. The maximum atomic E-state index is 13.2. The quantitative estimate of drug-likeness (QED) is 0.461. The van der Waals surface area contributed by atoms with Gasteiger partial charge in [-0.25, -0.2) is 9.97 Å². The Kier molecular flexibility index (Phi) is 5.92. The Labute approximate surface area is 195 Å². The highest BCUT2D eigenvalue weighted by atomic mass is 32.1.